The van der Waals surface area contributed by atoms with Crippen LogP contribution in [0, 0.1) is 50.3 Å². The van der Waals surface area contributed by atoms with Crippen LogP contribution in [0.15, 0.2) is 73.3 Å². The van der Waals surface area contributed by atoms with Gasteiger partial charge in [0.2, 0.25) is 0 Å². The van der Waals surface area contributed by atoms with Crippen LogP contribution in [0.4, 0.5) is 17.6 Å². The molecule has 0 amide bonds. The van der Waals surface area contributed by atoms with Crippen molar-refractivity contribution in [1.82, 2.24) is 9.13 Å². The van der Waals surface area contributed by atoms with E-state index in [1.54, 1.807) is 58.2 Å². The molecule has 4 aromatic rings. The first-order chi connectivity index (χ1) is 12.5. The average Bonchev–Trinajstić information content (AvgIpc) is 3.29. The first-order valence-electron chi connectivity index (χ1n) is 7.55. The predicted octanol–water partition coefficient (Wildman–Crippen LogP) is 6.01. The van der Waals surface area contributed by atoms with Crippen LogP contribution in [0.5, 0.6) is 0 Å². The van der Waals surface area contributed by atoms with Crippen molar-refractivity contribution >= 4 is 0 Å². The Morgan fingerprint density at radius 1 is 0.621 bits per heavy atom. The van der Waals surface area contributed by atoms with E-state index < -0.39 is 23.3 Å². The van der Waals surface area contributed by atoms with Gasteiger partial charge in [0, 0.05) is 35.7 Å². The van der Waals surface area contributed by atoms with Gasteiger partial charge in [-0.25, -0.2) is 17.6 Å². The Hall–Kier alpha value is -2.57. The fourth-order valence-corrected chi connectivity index (χ4v) is 2.27. The molecule has 2 nitrogen and oxygen atoms in total. The fraction of sp³-hybridized carbons (Fsp3) is 0. The molecule has 0 fully saturated rings. The van der Waals surface area contributed by atoms with Gasteiger partial charge in [0.1, 0.15) is 0 Å². The molecule has 0 bridgehead atoms. The molecular weight excluding hydrogens is 416 g/mol. The first-order valence-corrected chi connectivity index (χ1v) is 7.55. The van der Waals surface area contributed by atoms with Crippen molar-refractivity contribution in [3.8, 4) is 11.4 Å². The van der Waals surface area contributed by atoms with Gasteiger partial charge in [0.15, 0.2) is 0 Å². The van der Waals surface area contributed by atoms with E-state index in [0.29, 0.717) is 11.4 Å². The summed E-state index contributed by atoms with van der Waals surface area (Å²) in [5.41, 5.74) is 0.755. The zero-order valence-electron chi connectivity index (χ0n) is 15.8. The third-order valence-corrected chi connectivity index (χ3v) is 3.41. The third-order valence-electron chi connectivity index (χ3n) is 3.41. The molecule has 2 aromatic carbocycles. The molecule has 0 spiro atoms. The molecule has 0 aliphatic heterocycles. The minimum atomic E-state index is -0.691. The number of nitrogens with zero attached hydrogens (tertiary/aromatic N) is 2. The SMILES string of the molecule is Fc1[c-]c(F)c(-n2cccc2)cc1.Fc1[c-]c(F)cc(-n2cccc2)c1.[CH3-].[CH3-].[Ti+4]. The molecule has 0 saturated carbocycles. The van der Waals surface area contributed by atoms with Crippen LogP contribution in [-0.4, -0.2) is 9.13 Å². The van der Waals surface area contributed by atoms with Crippen LogP contribution >= 0.6 is 0 Å². The molecular formula is C22H18F4N2Ti. The number of aromatic nitrogens is 2. The van der Waals surface area contributed by atoms with Gasteiger partial charge in [-0.15, -0.1) is 36.4 Å². The van der Waals surface area contributed by atoms with Gasteiger partial charge in [-0.3, -0.25) is 0 Å². The second kappa shape index (κ2) is 12.1. The molecule has 0 aliphatic carbocycles. The number of benzene rings is 2. The van der Waals surface area contributed by atoms with E-state index in [2.05, 4.69) is 0 Å². The Labute approximate surface area is 183 Å². The summed E-state index contributed by atoms with van der Waals surface area (Å²) < 4.78 is 54.2. The summed E-state index contributed by atoms with van der Waals surface area (Å²) in [5, 5.41) is 0. The summed E-state index contributed by atoms with van der Waals surface area (Å²) in [6.45, 7) is 0. The molecule has 2 heterocycles. The van der Waals surface area contributed by atoms with E-state index in [0.717, 1.165) is 0 Å². The van der Waals surface area contributed by atoms with E-state index >= 15 is 0 Å². The van der Waals surface area contributed by atoms with Crippen molar-refractivity contribution in [2.45, 2.75) is 0 Å². The molecule has 0 aliphatic rings. The summed E-state index contributed by atoms with van der Waals surface area (Å²) in [6, 6.07) is 16.0. The molecule has 0 saturated heterocycles. The quantitative estimate of drug-likeness (QED) is 0.208. The van der Waals surface area contributed by atoms with Crippen molar-refractivity contribution < 1.29 is 39.3 Å². The summed E-state index contributed by atoms with van der Waals surface area (Å²) in [4.78, 5) is 0. The maximum atomic E-state index is 13.1. The zero-order chi connectivity index (χ0) is 18.5. The standard InChI is InChI=1S/2C10H6F2N.2CH3.Ti/c11-8-3-4-10(9(12)7-8)13-5-1-2-6-13;11-8-5-9(12)7-10(6-8)13-3-1-2-4-13;;;/h1-6H;1-4,6-7H;2*1H3;/q4*-1;+4. The Kier molecular flexibility index (Phi) is 11.0. The summed E-state index contributed by atoms with van der Waals surface area (Å²) in [6.07, 6.45) is 6.80. The molecule has 0 unspecified atom stereocenters. The van der Waals surface area contributed by atoms with Gasteiger partial charge in [-0.1, -0.05) is 5.69 Å². The van der Waals surface area contributed by atoms with Gasteiger partial charge >= 0.3 is 21.7 Å². The Morgan fingerprint density at radius 2 is 1.10 bits per heavy atom. The van der Waals surface area contributed by atoms with Gasteiger partial charge in [0.05, 0.1) is 0 Å². The van der Waals surface area contributed by atoms with Crippen LogP contribution in [0.2, 0.25) is 0 Å². The normalized spacial score (nSPS) is 9.24. The third kappa shape index (κ3) is 7.07. The molecule has 2 aromatic heterocycles. The predicted molar refractivity (Wildman–Crippen MR) is 102 cm³/mol. The van der Waals surface area contributed by atoms with Crippen LogP contribution < -0.4 is 0 Å². The van der Waals surface area contributed by atoms with Crippen LogP contribution in [-0.2, 0) is 21.7 Å². The van der Waals surface area contributed by atoms with Gasteiger partial charge in [0.25, 0.3) is 0 Å². The number of hydrogen-bond acceptors (Lipinski definition) is 0. The summed E-state index contributed by atoms with van der Waals surface area (Å²) in [7, 11) is 0. The average molecular weight is 434 g/mol. The van der Waals surface area contributed by atoms with Gasteiger partial charge < -0.3 is 24.0 Å². The largest absolute Gasteiger partial charge is 4.00 e. The van der Waals surface area contributed by atoms with Crippen molar-refractivity contribution in [2.75, 3.05) is 0 Å². The first kappa shape index (κ1) is 26.4. The Bertz CT molecular complexity index is 964. The van der Waals surface area contributed by atoms with Gasteiger partial charge in [-0.05, 0) is 42.3 Å². The van der Waals surface area contributed by atoms with Crippen molar-refractivity contribution in [1.29, 1.82) is 0 Å². The second-order valence-electron chi connectivity index (χ2n) is 5.22. The maximum Gasteiger partial charge on any atom is 4.00 e. The minimum Gasteiger partial charge on any atom is -0.375 e. The van der Waals surface area contributed by atoms with Crippen LogP contribution in [0.3, 0.4) is 0 Å². The molecule has 0 N–H and O–H groups in total. The molecule has 29 heavy (non-hydrogen) atoms. The summed E-state index contributed by atoms with van der Waals surface area (Å²) in [5.74, 6) is -2.75. The smallest absolute Gasteiger partial charge is 0.375 e. The zero-order valence-corrected chi connectivity index (χ0v) is 17.4. The number of halogens is 4. The minimum absolute atomic E-state index is 0. The molecule has 0 radical (unpaired) electrons. The van der Waals surface area contributed by atoms with E-state index in [1.807, 2.05) is 12.1 Å². The second-order valence-corrected chi connectivity index (χ2v) is 5.22. The van der Waals surface area contributed by atoms with Crippen molar-refractivity contribution in [3.05, 3.63) is 124 Å². The van der Waals surface area contributed by atoms with Crippen molar-refractivity contribution in [2.24, 2.45) is 0 Å². The monoisotopic (exact) mass is 434 g/mol. The Morgan fingerprint density at radius 3 is 1.59 bits per heavy atom. The maximum absolute atomic E-state index is 13.1. The van der Waals surface area contributed by atoms with Gasteiger partial charge in [-0.2, -0.15) is 0 Å². The van der Waals surface area contributed by atoms with E-state index in [9.17, 15) is 17.6 Å². The topological polar surface area (TPSA) is 9.86 Å². The molecule has 148 valence electrons. The van der Waals surface area contributed by atoms with Crippen LogP contribution in [0.25, 0.3) is 11.4 Å². The number of rotatable bonds is 2. The molecule has 7 heteroatoms. The summed E-state index contributed by atoms with van der Waals surface area (Å²) >= 11 is 0. The molecule has 4 rings (SSSR count). The fourth-order valence-electron chi connectivity index (χ4n) is 2.27. The van der Waals surface area contributed by atoms with E-state index in [4.69, 9.17) is 0 Å². The molecule has 0 atom stereocenters. The van der Waals surface area contributed by atoms with Crippen LogP contribution in [0.1, 0.15) is 0 Å². The van der Waals surface area contributed by atoms with E-state index in [1.165, 1.54) is 24.3 Å². The van der Waals surface area contributed by atoms with Crippen molar-refractivity contribution in [3.63, 3.8) is 0 Å². The van der Waals surface area contributed by atoms with E-state index in [-0.39, 0.29) is 36.6 Å². The number of hydrogen-bond donors (Lipinski definition) is 0. The Balaban J connectivity index is 0.000000490.